The molecule has 5 rings (SSSR count). The number of benzene rings is 1. The van der Waals surface area contributed by atoms with Crippen LogP contribution in [0.5, 0.6) is 0 Å². The van der Waals surface area contributed by atoms with Crippen molar-refractivity contribution in [1.82, 2.24) is 19.8 Å². The van der Waals surface area contributed by atoms with Crippen LogP contribution in [0.1, 0.15) is 36.3 Å². The van der Waals surface area contributed by atoms with Gasteiger partial charge in [0, 0.05) is 63.0 Å². The molecule has 2 N–H and O–H groups in total. The Morgan fingerprint density at radius 3 is 2.67 bits per heavy atom. The van der Waals surface area contributed by atoms with Gasteiger partial charge in [-0.25, -0.2) is 9.78 Å². The molecular formula is C27H32F3N7O2. The van der Waals surface area contributed by atoms with Gasteiger partial charge in [-0.05, 0) is 68.1 Å². The zero-order valence-electron chi connectivity index (χ0n) is 21.7. The van der Waals surface area contributed by atoms with Crippen molar-refractivity contribution in [3.05, 3.63) is 60.1 Å². The summed E-state index contributed by atoms with van der Waals surface area (Å²) in [5, 5.41) is 5.94. The quantitative estimate of drug-likeness (QED) is 0.420. The van der Waals surface area contributed by atoms with E-state index in [9.17, 15) is 18.0 Å². The topological polar surface area (TPSA) is 85.9 Å². The highest BCUT2D eigenvalue weighted by molar-refractivity contribution is 5.70. The number of likely N-dealkylation sites (N-methyl/N-ethyl adjacent to an activating group) is 1. The summed E-state index contributed by atoms with van der Waals surface area (Å²) in [7, 11) is 2.12. The third-order valence-corrected chi connectivity index (χ3v) is 6.99. The Balaban J connectivity index is 1.29. The maximum atomic E-state index is 13.7. The normalized spacial score (nSPS) is 18.2. The summed E-state index contributed by atoms with van der Waals surface area (Å²) in [6.45, 7) is 4.35. The zero-order valence-corrected chi connectivity index (χ0v) is 21.7. The summed E-state index contributed by atoms with van der Waals surface area (Å²) in [5.74, 6) is 0.199. The van der Waals surface area contributed by atoms with E-state index in [0.717, 1.165) is 62.2 Å². The predicted molar refractivity (Wildman–Crippen MR) is 143 cm³/mol. The number of amides is 1. The smallest absolute Gasteiger partial charge is 0.418 e. The molecule has 1 aromatic heterocycles. The van der Waals surface area contributed by atoms with Crippen LogP contribution < -0.4 is 15.5 Å². The standard InChI is InChI=1S/C27H32F3N7O2/c1-35-12-14-36(15-13-35)20-7-8-23(21(17-20)19-5-6-19)33-25-32-18-22(27(28,29)30)24(34-25)31-9-4-11-37-10-2-3-16-39-26(37)38/h2-3,7-8,10,16-19H,4-6,9,11-15H2,1H3,(H2,31,32,33,34). The number of anilines is 4. The molecule has 0 radical (unpaired) electrons. The Bertz CT molecular complexity index is 1240. The first-order valence-corrected chi connectivity index (χ1v) is 13.1. The molecule has 1 aliphatic carbocycles. The number of cyclic esters (lactones) is 1. The van der Waals surface area contributed by atoms with E-state index in [-0.39, 0.29) is 24.9 Å². The third kappa shape index (κ3) is 6.80. The van der Waals surface area contributed by atoms with Gasteiger partial charge < -0.3 is 25.2 Å². The van der Waals surface area contributed by atoms with Crippen molar-refractivity contribution in [3.63, 3.8) is 0 Å². The van der Waals surface area contributed by atoms with Gasteiger partial charge in [0.1, 0.15) is 11.4 Å². The lowest BCUT2D eigenvalue weighted by Crippen LogP contribution is -2.44. The molecule has 39 heavy (non-hydrogen) atoms. The van der Waals surface area contributed by atoms with Gasteiger partial charge >= 0.3 is 12.3 Å². The van der Waals surface area contributed by atoms with Crippen molar-refractivity contribution in [3.8, 4) is 0 Å². The number of piperazine rings is 1. The lowest BCUT2D eigenvalue weighted by atomic mass is 10.1. The first-order chi connectivity index (χ1) is 18.8. The molecule has 1 saturated heterocycles. The molecule has 208 valence electrons. The minimum Gasteiger partial charge on any atom is -0.418 e. The summed E-state index contributed by atoms with van der Waals surface area (Å²) in [6.07, 6.45) is 4.24. The minimum absolute atomic E-state index is 0.0878. The molecule has 0 spiro atoms. The largest absolute Gasteiger partial charge is 0.421 e. The van der Waals surface area contributed by atoms with Gasteiger partial charge in [-0.15, -0.1) is 0 Å². The predicted octanol–water partition coefficient (Wildman–Crippen LogP) is 5.15. The molecule has 1 aromatic carbocycles. The molecule has 2 aliphatic heterocycles. The third-order valence-electron chi connectivity index (χ3n) is 6.99. The minimum atomic E-state index is -4.62. The van der Waals surface area contributed by atoms with E-state index in [0.29, 0.717) is 12.3 Å². The Kier molecular flexibility index (Phi) is 7.92. The fraction of sp³-hybridized carbons (Fsp3) is 0.444. The lowest BCUT2D eigenvalue weighted by Gasteiger charge is -2.34. The second-order valence-electron chi connectivity index (χ2n) is 9.94. The maximum Gasteiger partial charge on any atom is 0.421 e. The number of carbonyl (C=O) groups is 1. The Labute approximate surface area is 225 Å². The molecule has 0 atom stereocenters. The van der Waals surface area contributed by atoms with E-state index in [4.69, 9.17) is 4.74 Å². The van der Waals surface area contributed by atoms with Crippen LogP contribution in [0.4, 0.5) is 41.1 Å². The van der Waals surface area contributed by atoms with Crippen molar-refractivity contribution in [1.29, 1.82) is 0 Å². The molecule has 2 fully saturated rings. The Morgan fingerprint density at radius 2 is 1.92 bits per heavy atom. The van der Waals surface area contributed by atoms with Crippen LogP contribution in [0.3, 0.4) is 0 Å². The van der Waals surface area contributed by atoms with Crippen LogP contribution in [-0.2, 0) is 10.9 Å². The number of hydrogen-bond donors (Lipinski definition) is 2. The van der Waals surface area contributed by atoms with Crippen LogP contribution in [0, 0.1) is 0 Å². The van der Waals surface area contributed by atoms with Gasteiger partial charge in [-0.2, -0.15) is 18.2 Å². The van der Waals surface area contributed by atoms with Crippen molar-refractivity contribution in [2.24, 2.45) is 0 Å². The number of alkyl halides is 3. The van der Waals surface area contributed by atoms with Gasteiger partial charge in [0.25, 0.3) is 0 Å². The second kappa shape index (κ2) is 11.5. The lowest BCUT2D eigenvalue weighted by molar-refractivity contribution is -0.137. The average Bonchev–Trinajstić information content (AvgIpc) is 3.76. The van der Waals surface area contributed by atoms with Gasteiger partial charge in [0.15, 0.2) is 0 Å². The van der Waals surface area contributed by atoms with Crippen molar-refractivity contribution in [2.75, 3.05) is 61.8 Å². The monoisotopic (exact) mass is 543 g/mol. The fourth-order valence-corrected chi connectivity index (χ4v) is 4.61. The van der Waals surface area contributed by atoms with Crippen LogP contribution in [0.2, 0.25) is 0 Å². The summed E-state index contributed by atoms with van der Waals surface area (Å²) in [5.41, 5.74) is 2.15. The summed E-state index contributed by atoms with van der Waals surface area (Å²) < 4.78 is 46.0. The summed E-state index contributed by atoms with van der Waals surface area (Å²) in [6, 6.07) is 6.20. The van der Waals surface area contributed by atoms with Crippen LogP contribution in [-0.4, -0.2) is 72.2 Å². The highest BCUT2D eigenvalue weighted by Crippen LogP contribution is 2.45. The van der Waals surface area contributed by atoms with E-state index in [1.165, 1.54) is 11.2 Å². The number of halogens is 3. The van der Waals surface area contributed by atoms with Crippen LogP contribution in [0.15, 0.2) is 49.0 Å². The molecule has 3 aliphatic rings. The first kappa shape index (κ1) is 26.8. The van der Waals surface area contributed by atoms with Crippen molar-refractivity contribution in [2.45, 2.75) is 31.4 Å². The number of hydrogen-bond acceptors (Lipinski definition) is 8. The number of nitrogens with one attached hydrogen (secondary N) is 2. The van der Waals surface area contributed by atoms with E-state index in [1.807, 2.05) is 12.1 Å². The molecule has 9 nitrogen and oxygen atoms in total. The molecule has 1 saturated carbocycles. The van der Waals surface area contributed by atoms with E-state index >= 15 is 0 Å². The SMILES string of the molecule is CN1CCN(c2ccc(Nc3ncc(C(F)(F)F)c(NCCCN4C=CC=COC4=O)n3)c(C3CC3)c2)CC1. The maximum absolute atomic E-state index is 13.7. The Hall–Kier alpha value is -3.80. The molecule has 0 bridgehead atoms. The van der Waals surface area contributed by atoms with Gasteiger partial charge in [-0.3, -0.25) is 4.90 Å². The number of allylic oxidation sites excluding steroid dienone is 2. The number of aromatic nitrogens is 2. The summed E-state index contributed by atoms with van der Waals surface area (Å²) >= 11 is 0. The van der Waals surface area contributed by atoms with Gasteiger partial charge in [-0.1, -0.05) is 0 Å². The van der Waals surface area contributed by atoms with Crippen LogP contribution >= 0.6 is 0 Å². The second-order valence-corrected chi connectivity index (χ2v) is 9.94. The van der Waals surface area contributed by atoms with E-state index in [1.54, 1.807) is 18.4 Å². The molecular weight excluding hydrogens is 511 g/mol. The summed E-state index contributed by atoms with van der Waals surface area (Å²) in [4.78, 5) is 26.1. The Morgan fingerprint density at radius 1 is 1.13 bits per heavy atom. The van der Waals surface area contributed by atoms with Crippen molar-refractivity contribution >= 4 is 29.2 Å². The average molecular weight is 544 g/mol. The molecule has 2 aromatic rings. The van der Waals surface area contributed by atoms with Crippen molar-refractivity contribution < 1.29 is 22.7 Å². The number of rotatable bonds is 9. The molecule has 3 heterocycles. The number of carbonyl (C=O) groups excluding carboxylic acids is 1. The molecule has 12 heteroatoms. The van der Waals surface area contributed by atoms with Gasteiger partial charge in [0.2, 0.25) is 5.95 Å². The van der Waals surface area contributed by atoms with Crippen LogP contribution in [0.25, 0.3) is 0 Å². The fourth-order valence-electron chi connectivity index (χ4n) is 4.61. The number of nitrogens with zero attached hydrogens (tertiary/aromatic N) is 5. The highest BCUT2D eigenvalue weighted by Gasteiger charge is 2.35. The van der Waals surface area contributed by atoms with E-state index in [2.05, 4.69) is 43.5 Å². The first-order valence-electron chi connectivity index (χ1n) is 13.1. The highest BCUT2D eigenvalue weighted by atomic mass is 19.4. The zero-order chi connectivity index (χ0) is 27.4. The molecule has 0 unspecified atom stereocenters. The number of ether oxygens (including phenoxy) is 1. The van der Waals surface area contributed by atoms with Gasteiger partial charge in [0.05, 0.1) is 6.26 Å². The molecule has 1 amide bonds. The van der Waals surface area contributed by atoms with E-state index < -0.39 is 17.8 Å².